The number of carbonyl (C=O) groups excluding carboxylic acids is 1. The van der Waals surface area contributed by atoms with Crippen LogP contribution in [0.25, 0.3) is 0 Å². The lowest BCUT2D eigenvalue weighted by molar-refractivity contribution is -0.211. The molecule has 0 bridgehead atoms. The molecule has 1 aliphatic rings. The Bertz CT molecular complexity index is 1290. The number of thioether (sulfide) groups is 1. The van der Waals surface area contributed by atoms with Gasteiger partial charge >= 0.3 is 5.97 Å². The highest BCUT2D eigenvalue weighted by Crippen LogP contribution is 2.33. The van der Waals surface area contributed by atoms with Crippen molar-refractivity contribution in [3.05, 3.63) is 102 Å². The highest BCUT2D eigenvalue weighted by molar-refractivity contribution is 7.99. The van der Waals surface area contributed by atoms with Gasteiger partial charge < -0.3 is 18.9 Å². The van der Waals surface area contributed by atoms with Gasteiger partial charge in [-0.25, -0.2) is 13.1 Å². The van der Waals surface area contributed by atoms with Gasteiger partial charge in [0.2, 0.25) is 10.0 Å². The molecule has 1 saturated heterocycles. The minimum atomic E-state index is -3.94. The fourth-order valence-corrected chi connectivity index (χ4v) is 6.82. The predicted octanol–water partition coefficient (Wildman–Crippen LogP) is 4.55. The quantitative estimate of drug-likeness (QED) is 0.292. The topological polar surface area (TPSA) is 100 Å². The summed E-state index contributed by atoms with van der Waals surface area (Å²) < 4.78 is 54.3. The van der Waals surface area contributed by atoms with E-state index in [1.165, 1.54) is 30.8 Å². The van der Waals surface area contributed by atoms with Gasteiger partial charge in [-0.05, 0) is 29.0 Å². The minimum absolute atomic E-state index is 0.120. The van der Waals surface area contributed by atoms with E-state index >= 15 is 0 Å². The van der Waals surface area contributed by atoms with Crippen LogP contribution < -0.4 is 4.72 Å². The predicted molar refractivity (Wildman–Crippen MR) is 154 cm³/mol. The van der Waals surface area contributed by atoms with Gasteiger partial charge in [-0.2, -0.15) is 0 Å². The summed E-state index contributed by atoms with van der Waals surface area (Å²) in [5.74, 6) is 0.136. The van der Waals surface area contributed by atoms with Crippen molar-refractivity contribution in [3.63, 3.8) is 0 Å². The second-order valence-corrected chi connectivity index (χ2v) is 12.4. The van der Waals surface area contributed by atoms with Crippen molar-refractivity contribution in [2.24, 2.45) is 0 Å². The molecule has 40 heavy (non-hydrogen) atoms. The van der Waals surface area contributed by atoms with Gasteiger partial charge in [0.05, 0.1) is 30.8 Å². The van der Waals surface area contributed by atoms with Crippen LogP contribution in [0.4, 0.5) is 0 Å². The van der Waals surface area contributed by atoms with Crippen LogP contribution >= 0.6 is 11.8 Å². The molecule has 1 heterocycles. The lowest BCUT2D eigenvalue weighted by Gasteiger charge is -2.45. The second kappa shape index (κ2) is 14.8. The number of carbonyl (C=O) groups is 1. The van der Waals surface area contributed by atoms with Crippen LogP contribution in [0.1, 0.15) is 25.0 Å². The van der Waals surface area contributed by atoms with E-state index in [4.69, 9.17) is 18.9 Å². The Morgan fingerprint density at radius 3 is 2.02 bits per heavy atom. The minimum Gasteiger partial charge on any atom is -0.457 e. The summed E-state index contributed by atoms with van der Waals surface area (Å²) in [5.41, 5.74) is 1.27. The van der Waals surface area contributed by atoms with Crippen molar-refractivity contribution in [3.8, 4) is 0 Å². The number of nitrogens with one attached hydrogen (secondary N) is 1. The molecular weight excluding hydrogens is 550 g/mol. The molecule has 0 aromatic heterocycles. The lowest BCUT2D eigenvalue weighted by Crippen LogP contribution is -2.65. The summed E-state index contributed by atoms with van der Waals surface area (Å²) in [7, 11) is -3.94. The number of sulfonamides is 1. The van der Waals surface area contributed by atoms with E-state index in [1.54, 1.807) is 18.2 Å². The van der Waals surface area contributed by atoms with E-state index in [-0.39, 0.29) is 18.1 Å². The SMILES string of the molecule is CCS[C@@H]1OC(COCc2ccccc2)[C@@H](OC(C)=O)[C@H](OCc2ccccc2)C1NS(=O)(=O)c1ccccc1. The molecular formula is C30H35NO7S2. The molecule has 1 N–H and O–H groups in total. The van der Waals surface area contributed by atoms with Gasteiger partial charge in [-0.1, -0.05) is 85.8 Å². The number of benzene rings is 3. The third-order valence-electron chi connectivity index (χ3n) is 6.30. The molecule has 4 rings (SSSR count). The Morgan fingerprint density at radius 1 is 0.875 bits per heavy atom. The first-order valence-electron chi connectivity index (χ1n) is 13.2. The summed E-state index contributed by atoms with van der Waals surface area (Å²) in [6.45, 7) is 3.94. The number of rotatable bonds is 13. The Morgan fingerprint density at radius 2 is 1.45 bits per heavy atom. The number of hydrogen-bond acceptors (Lipinski definition) is 8. The van der Waals surface area contributed by atoms with Gasteiger partial charge in [0.25, 0.3) is 0 Å². The second-order valence-electron chi connectivity index (χ2n) is 9.29. The van der Waals surface area contributed by atoms with E-state index in [2.05, 4.69) is 4.72 Å². The summed E-state index contributed by atoms with van der Waals surface area (Å²) >= 11 is 1.45. The van der Waals surface area contributed by atoms with Crippen LogP contribution in [0.3, 0.4) is 0 Å². The molecule has 2 unspecified atom stereocenters. The van der Waals surface area contributed by atoms with Gasteiger partial charge in [0.15, 0.2) is 6.10 Å². The Labute approximate surface area is 240 Å². The van der Waals surface area contributed by atoms with Crippen LogP contribution in [0.15, 0.2) is 95.9 Å². The number of hydrogen-bond donors (Lipinski definition) is 1. The van der Waals surface area contributed by atoms with Crippen LogP contribution in [0.5, 0.6) is 0 Å². The average Bonchev–Trinajstić information content (AvgIpc) is 2.96. The van der Waals surface area contributed by atoms with E-state index in [1.807, 2.05) is 67.6 Å². The Kier molecular flexibility index (Phi) is 11.2. The van der Waals surface area contributed by atoms with E-state index in [0.717, 1.165) is 11.1 Å². The Balaban J connectivity index is 1.64. The van der Waals surface area contributed by atoms with Gasteiger partial charge in [-0.15, -0.1) is 11.8 Å². The zero-order valence-electron chi connectivity index (χ0n) is 22.5. The van der Waals surface area contributed by atoms with Crippen molar-refractivity contribution in [1.29, 1.82) is 0 Å². The third kappa shape index (κ3) is 8.39. The maximum absolute atomic E-state index is 13.4. The third-order valence-corrected chi connectivity index (χ3v) is 8.84. The fourth-order valence-electron chi connectivity index (χ4n) is 4.48. The molecule has 0 spiro atoms. The molecule has 8 nitrogen and oxygen atoms in total. The van der Waals surface area contributed by atoms with Crippen LogP contribution in [0.2, 0.25) is 0 Å². The van der Waals surface area contributed by atoms with E-state index in [9.17, 15) is 13.2 Å². The monoisotopic (exact) mass is 585 g/mol. The number of esters is 1. The molecule has 3 aromatic carbocycles. The summed E-state index contributed by atoms with van der Waals surface area (Å²) in [5, 5.41) is 0. The van der Waals surface area contributed by atoms with Gasteiger partial charge in [0, 0.05) is 6.92 Å². The van der Waals surface area contributed by atoms with Gasteiger partial charge in [0.1, 0.15) is 17.6 Å². The average molecular weight is 586 g/mol. The molecule has 10 heteroatoms. The zero-order valence-corrected chi connectivity index (χ0v) is 24.2. The first kappa shape index (κ1) is 30.2. The molecule has 214 valence electrons. The molecule has 3 aromatic rings. The van der Waals surface area contributed by atoms with Crippen molar-refractivity contribution in [2.45, 2.75) is 61.7 Å². The standard InChI is InChI=1S/C30H35NO7S2/c1-3-39-30-27(31-40(33,34)25-17-11-6-12-18-25)29(36-20-24-15-9-5-10-16-24)28(37-22(2)32)26(38-30)21-35-19-23-13-7-4-8-14-23/h4-18,26-31H,3,19-21H2,1-2H3/t26?,27?,28-,29-,30+/m1/s1. The van der Waals surface area contributed by atoms with Crippen LogP contribution in [-0.2, 0) is 47.0 Å². The van der Waals surface area contributed by atoms with Crippen molar-refractivity contribution in [1.82, 2.24) is 4.72 Å². The largest absolute Gasteiger partial charge is 0.457 e. The molecule has 0 radical (unpaired) electrons. The van der Waals surface area contributed by atoms with Gasteiger partial charge in [-0.3, -0.25) is 4.79 Å². The molecule has 1 aliphatic heterocycles. The molecule has 0 aliphatic carbocycles. The maximum atomic E-state index is 13.4. The van der Waals surface area contributed by atoms with Crippen molar-refractivity contribution >= 4 is 27.8 Å². The van der Waals surface area contributed by atoms with Crippen LogP contribution in [0, 0.1) is 0 Å². The first-order chi connectivity index (χ1) is 19.4. The fraction of sp³-hybridized carbons (Fsp3) is 0.367. The highest BCUT2D eigenvalue weighted by Gasteiger charge is 2.50. The summed E-state index contributed by atoms with van der Waals surface area (Å²) in [4.78, 5) is 12.4. The van der Waals surface area contributed by atoms with Crippen molar-refractivity contribution < 1.29 is 32.2 Å². The molecule has 1 fully saturated rings. The molecule has 0 amide bonds. The highest BCUT2D eigenvalue weighted by atomic mass is 32.2. The van der Waals surface area contributed by atoms with Crippen LogP contribution in [-0.4, -0.2) is 56.5 Å². The summed E-state index contributed by atoms with van der Waals surface area (Å²) in [6, 6.07) is 26.5. The Hall–Kier alpha value is -2.73. The molecule has 5 atom stereocenters. The van der Waals surface area contributed by atoms with Crippen molar-refractivity contribution in [2.75, 3.05) is 12.4 Å². The smallest absolute Gasteiger partial charge is 0.303 e. The molecule has 0 saturated carbocycles. The van der Waals surface area contributed by atoms with E-state index in [0.29, 0.717) is 12.4 Å². The normalized spacial score (nSPS) is 23.0. The van der Waals surface area contributed by atoms with E-state index < -0.39 is 45.8 Å². The maximum Gasteiger partial charge on any atom is 0.303 e. The summed E-state index contributed by atoms with van der Waals surface area (Å²) in [6.07, 6.45) is -2.46. The lowest BCUT2D eigenvalue weighted by atomic mass is 9.98. The number of ether oxygens (including phenoxy) is 4. The first-order valence-corrected chi connectivity index (χ1v) is 15.7. The zero-order chi connectivity index (χ0) is 28.4.